The van der Waals surface area contributed by atoms with Crippen molar-refractivity contribution in [2.75, 3.05) is 7.11 Å². The molecule has 1 heterocycles. The summed E-state index contributed by atoms with van der Waals surface area (Å²) < 4.78 is 10.1. The second kappa shape index (κ2) is 7.76. The molecule has 0 amide bonds. The number of nitriles is 1. The van der Waals surface area contributed by atoms with E-state index in [1.807, 2.05) is 24.3 Å². The van der Waals surface area contributed by atoms with E-state index in [9.17, 15) is 4.79 Å². The number of aromatic nitrogens is 1. The van der Waals surface area contributed by atoms with Crippen molar-refractivity contribution in [2.45, 2.75) is 13.0 Å². The number of methoxy groups -OCH3 is 1. The molecule has 1 aromatic heterocycles. The smallest absolute Gasteiger partial charge is 0.346 e. The minimum absolute atomic E-state index is 0.421. The van der Waals surface area contributed by atoms with E-state index in [4.69, 9.17) is 10.00 Å². The highest BCUT2D eigenvalue weighted by Crippen LogP contribution is 2.17. The fourth-order valence-electron chi connectivity index (χ4n) is 1.91. The number of carbonyl (C=O) groups excluding carboxylic acids is 1. The second-order valence-corrected chi connectivity index (χ2v) is 4.76. The third-order valence-corrected chi connectivity index (χ3v) is 3.16. The van der Waals surface area contributed by atoms with Gasteiger partial charge in [-0.25, -0.2) is 4.79 Å². The first-order chi connectivity index (χ1) is 11.1. The summed E-state index contributed by atoms with van der Waals surface area (Å²) in [5, 5.41) is 9.02. The SMILES string of the molecule is COC(=O)C(C)Oc1ccc(C=Cc2ccncc2C#N)cc1. The number of rotatable bonds is 5. The summed E-state index contributed by atoms with van der Waals surface area (Å²) in [6.45, 7) is 1.63. The van der Waals surface area contributed by atoms with Crippen molar-refractivity contribution < 1.29 is 14.3 Å². The van der Waals surface area contributed by atoms with Crippen molar-refractivity contribution in [3.63, 3.8) is 0 Å². The van der Waals surface area contributed by atoms with Gasteiger partial charge in [0, 0.05) is 12.4 Å². The Bertz CT molecular complexity index is 746. The van der Waals surface area contributed by atoms with Crippen molar-refractivity contribution >= 4 is 18.1 Å². The van der Waals surface area contributed by atoms with Crippen molar-refractivity contribution in [1.29, 1.82) is 5.26 Å². The lowest BCUT2D eigenvalue weighted by Gasteiger charge is -2.12. The molecule has 5 heteroatoms. The van der Waals surface area contributed by atoms with E-state index in [0.29, 0.717) is 11.3 Å². The Labute approximate surface area is 134 Å². The summed E-state index contributed by atoms with van der Waals surface area (Å²) in [6.07, 6.45) is 6.27. The molecule has 0 bridgehead atoms. The van der Waals surface area contributed by atoms with Crippen LogP contribution in [0.15, 0.2) is 42.7 Å². The maximum atomic E-state index is 11.3. The normalized spacial score (nSPS) is 11.7. The Kier molecular flexibility index (Phi) is 5.48. The minimum Gasteiger partial charge on any atom is -0.479 e. The first kappa shape index (κ1) is 16.2. The van der Waals surface area contributed by atoms with E-state index < -0.39 is 12.1 Å². The molecule has 0 saturated heterocycles. The summed E-state index contributed by atoms with van der Waals surface area (Å²) in [5.74, 6) is 0.164. The Morgan fingerprint density at radius 3 is 2.65 bits per heavy atom. The predicted octanol–water partition coefficient (Wildman–Crippen LogP) is 3.06. The molecule has 0 fully saturated rings. The molecule has 0 N–H and O–H groups in total. The van der Waals surface area contributed by atoms with Crippen LogP contribution >= 0.6 is 0 Å². The molecule has 23 heavy (non-hydrogen) atoms. The van der Waals surface area contributed by atoms with Crippen LogP contribution in [0.4, 0.5) is 0 Å². The van der Waals surface area contributed by atoms with Gasteiger partial charge in [-0.2, -0.15) is 5.26 Å². The van der Waals surface area contributed by atoms with Crippen molar-refractivity contribution in [3.05, 3.63) is 59.4 Å². The number of nitrogens with zero attached hydrogens (tertiary/aromatic N) is 2. The Morgan fingerprint density at radius 1 is 1.26 bits per heavy atom. The van der Waals surface area contributed by atoms with E-state index >= 15 is 0 Å². The molecular formula is C18H16N2O3. The number of ether oxygens (including phenoxy) is 2. The minimum atomic E-state index is -0.656. The molecule has 1 aromatic carbocycles. The Morgan fingerprint density at radius 2 is 2.00 bits per heavy atom. The molecule has 2 rings (SSSR count). The third-order valence-electron chi connectivity index (χ3n) is 3.16. The summed E-state index contributed by atoms with van der Waals surface area (Å²) in [5.41, 5.74) is 2.28. The lowest BCUT2D eigenvalue weighted by Crippen LogP contribution is -2.24. The van der Waals surface area contributed by atoms with Crippen molar-refractivity contribution in [3.8, 4) is 11.8 Å². The van der Waals surface area contributed by atoms with Crippen LogP contribution in [0.1, 0.15) is 23.6 Å². The van der Waals surface area contributed by atoms with Gasteiger partial charge >= 0.3 is 5.97 Å². The molecule has 0 aliphatic heterocycles. The van der Waals surface area contributed by atoms with Crippen LogP contribution < -0.4 is 4.74 Å². The van der Waals surface area contributed by atoms with Gasteiger partial charge in [0.1, 0.15) is 11.8 Å². The highest BCUT2D eigenvalue weighted by molar-refractivity contribution is 5.74. The molecule has 0 saturated carbocycles. The lowest BCUT2D eigenvalue weighted by atomic mass is 10.1. The molecule has 1 unspecified atom stereocenters. The van der Waals surface area contributed by atoms with E-state index in [2.05, 4.69) is 15.8 Å². The van der Waals surface area contributed by atoms with Gasteiger partial charge < -0.3 is 9.47 Å². The molecule has 1 atom stereocenters. The van der Waals surface area contributed by atoms with Crippen LogP contribution in [0.5, 0.6) is 5.75 Å². The number of hydrogen-bond donors (Lipinski definition) is 0. The Hall–Kier alpha value is -3.13. The maximum absolute atomic E-state index is 11.3. The molecular weight excluding hydrogens is 292 g/mol. The number of carbonyl (C=O) groups is 1. The zero-order valence-corrected chi connectivity index (χ0v) is 12.9. The number of benzene rings is 1. The van der Waals surface area contributed by atoms with E-state index in [0.717, 1.165) is 11.1 Å². The average molecular weight is 308 g/mol. The van der Waals surface area contributed by atoms with Crippen LogP contribution in [0, 0.1) is 11.3 Å². The first-order valence-electron chi connectivity index (χ1n) is 7.01. The highest BCUT2D eigenvalue weighted by Gasteiger charge is 2.14. The molecule has 5 nitrogen and oxygen atoms in total. The zero-order valence-electron chi connectivity index (χ0n) is 12.9. The molecule has 0 aliphatic rings. The standard InChI is InChI=1S/C18H16N2O3/c1-13(18(21)22-2)23-17-7-4-14(5-8-17)3-6-15-9-10-20-12-16(15)11-19/h3-10,12-13H,1-2H3. The lowest BCUT2D eigenvalue weighted by molar-refractivity contribution is -0.147. The van der Waals surface area contributed by atoms with Crippen LogP contribution in [0.25, 0.3) is 12.2 Å². The Balaban J connectivity index is 2.07. The molecule has 0 spiro atoms. The monoisotopic (exact) mass is 308 g/mol. The fraction of sp³-hybridized carbons (Fsp3) is 0.167. The number of esters is 1. The van der Waals surface area contributed by atoms with Crippen molar-refractivity contribution in [2.24, 2.45) is 0 Å². The van der Waals surface area contributed by atoms with Crippen LogP contribution in [0.2, 0.25) is 0 Å². The first-order valence-corrected chi connectivity index (χ1v) is 7.01. The van der Waals surface area contributed by atoms with Crippen molar-refractivity contribution in [1.82, 2.24) is 4.98 Å². The van der Waals surface area contributed by atoms with Gasteiger partial charge in [-0.3, -0.25) is 4.98 Å². The summed E-state index contributed by atoms with van der Waals surface area (Å²) >= 11 is 0. The molecule has 116 valence electrons. The van der Waals surface area contributed by atoms with E-state index in [-0.39, 0.29) is 0 Å². The van der Waals surface area contributed by atoms with E-state index in [1.54, 1.807) is 31.3 Å². The van der Waals surface area contributed by atoms with Gasteiger partial charge in [-0.15, -0.1) is 0 Å². The van der Waals surface area contributed by atoms with Gasteiger partial charge in [-0.1, -0.05) is 24.3 Å². The molecule has 0 radical (unpaired) electrons. The summed E-state index contributed by atoms with van der Waals surface area (Å²) in [6, 6.07) is 11.2. The van der Waals surface area contributed by atoms with Gasteiger partial charge in [0.25, 0.3) is 0 Å². The molecule has 2 aromatic rings. The maximum Gasteiger partial charge on any atom is 0.346 e. The average Bonchev–Trinajstić information content (AvgIpc) is 2.60. The topological polar surface area (TPSA) is 72.2 Å². The summed E-state index contributed by atoms with van der Waals surface area (Å²) in [4.78, 5) is 15.2. The van der Waals surface area contributed by atoms with Crippen LogP contribution in [-0.2, 0) is 9.53 Å². The highest BCUT2D eigenvalue weighted by atomic mass is 16.6. The fourth-order valence-corrected chi connectivity index (χ4v) is 1.91. The van der Waals surface area contributed by atoms with Gasteiger partial charge in [0.15, 0.2) is 6.10 Å². The van der Waals surface area contributed by atoms with E-state index in [1.165, 1.54) is 13.3 Å². The van der Waals surface area contributed by atoms with Gasteiger partial charge in [0.05, 0.1) is 12.7 Å². The second-order valence-electron chi connectivity index (χ2n) is 4.76. The summed E-state index contributed by atoms with van der Waals surface area (Å²) in [7, 11) is 1.32. The van der Waals surface area contributed by atoms with Crippen LogP contribution in [0.3, 0.4) is 0 Å². The number of hydrogen-bond acceptors (Lipinski definition) is 5. The molecule has 0 aliphatic carbocycles. The number of pyridine rings is 1. The zero-order chi connectivity index (χ0) is 16.7. The van der Waals surface area contributed by atoms with Gasteiger partial charge in [-0.05, 0) is 36.2 Å². The van der Waals surface area contributed by atoms with Crippen LogP contribution in [-0.4, -0.2) is 24.2 Å². The predicted molar refractivity (Wildman–Crippen MR) is 86.4 cm³/mol. The largest absolute Gasteiger partial charge is 0.479 e. The third kappa shape index (κ3) is 4.42. The van der Waals surface area contributed by atoms with Gasteiger partial charge in [0.2, 0.25) is 0 Å². The quantitative estimate of drug-likeness (QED) is 0.794.